The third kappa shape index (κ3) is 4.46. The largest absolute Gasteiger partial charge is 0.493 e. The van der Waals surface area contributed by atoms with Crippen molar-refractivity contribution in [2.75, 3.05) is 19.5 Å². The lowest BCUT2D eigenvalue weighted by atomic mass is 10.1. The van der Waals surface area contributed by atoms with Gasteiger partial charge in [0, 0.05) is 16.9 Å². The van der Waals surface area contributed by atoms with Gasteiger partial charge in [-0.25, -0.2) is 4.98 Å². The average molecular weight is 382 g/mol. The predicted octanol–water partition coefficient (Wildman–Crippen LogP) is 4.62. The molecule has 1 amide bonds. The molecule has 1 N–H and O–H groups in total. The van der Waals surface area contributed by atoms with Gasteiger partial charge in [0.2, 0.25) is 0 Å². The summed E-state index contributed by atoms with van der Waals surface area (Å²) < 4.78 is 10.5. The molecular formula is C21H22N2O3S. The van der Waals surface area contributed by atoms with Crippen LogP contribution in [0.5, 0.6) is 11.5 Å². The first-order chi connectivity index (χ1) is 13.0. The van der Waals surface area contributed by atoms with E-state index in [9.17, 15) is 4.79 Å². The van der Waals surface area contributed by atoms with Crippen molar-refractivity contribution in [3.05, 3.63) is 69.7 Å². The van der Waals surface area contributed by atoms with Crippen molar-refractivity contribution in [1.82, 2.24) is 4.98 Å². The maximum absolute atomic E-state index is 12.6. The normalized spacial score (nSPS) is 10.5. The van der Waals surface area contributed by atoms with Crippen molar-refractivity contribution in [3.8, 4) is 11.5 Å². The average Bonchev–Trinajstić information content (AvgIpc) is 3.01. The molecule has 3 aromatic rings. The first-order valence-electron chi connectivity index (χ1n) is 8.55. The molecule has 0 aliphatic heterocycles. The van der Waals surface area contributed by atoms with Crippen molar-refractivity contribution in [1.29, 1.82) is 0 Å². The van der Waals surface area contributed by atoms with Gasteiger partial charge in [-0.15, -0.1) is 11.3 Å². The number of ether oxygens (including phenoxy) is 2. The van der Waals surface area contributed by atoms with Gasteiger partial charge in [0.1, 0.15) is 0 Å². The third-order valence-electron chi connectivity index (χ3n) is 4.24. The van der Waals surface area contributed by atoms with Gasteiger partial charge in [0.25, 0.3) is 5.91 Å². The second-order valence-corrected chi connectivity index (χ2v) is 7.30. The molecule has 0 saturated carbocycles. The van der Waals surface area contributed by atoms with Crippen molar-refractivity contribution < 1.29 is 14.3 Å². The molecule has 0 atom stereocenters. The molecule has 0 spiro atoms. The summed E-state index contributed by atoms with van der Waals surface area (Å²) in [6.45, 7) is 4.04. The van der Waals surface area contributed by atoms with Crippen LogP contribution in [-0.4, -0.2) is 25.1 Å². The lowest BCUT2D eigenvalue weighted by molar-refractivity contribution is 0.102. The zero-order valence-electron chi connectivity index (χ0n) is 15.8. The molecule has 3 rings (SSSR count). The summed E-state index contributed by atoms with van der Waals surface area (Å²) in [5.41, 5.74) is 3.89. The Morgan fingerprint density at radius 2 is 1.74 bits per heavy atom. The van der Waals surface area contributed by atoms with Crippen LogP contribution in [0, 0.1) is 13.8 Å². The monoisotopic (exact) mass is 382 g/mol. The molecule has 5 nitrogen and oxygen atoms in total. The Morgan fingerprint density at radius 1 is 1.04 bits per heavy atom. The SMILES string of the molecule is COc1ccc(C(=O)Nc2nc(C)c(Cc3ccc(C)cc3)s2)cc1OC. The number of aryl methyl sites for hydroxylation is 2. The summed E-state index contributed by atoms with van der Waals surface area (Å²) in [4.78, 5) is 18.2. The highest BCUT2D eigenvalue weighted by atomic mass is 32.1. The first kappa shape index (κ1) is 18.9. The summed E-state index contributed by atoms with van der Waals surface area (Å²) in [7, 11) is 3.10. The minimum atomic E-state index is -0.230. The topological polar surface area (TPSA) is 60.5 Å². The van der Waals surface area contributed by atoms with Crippen LogP contribution in [-0.2, 0) is 6.42 Å². The maximum atomic E-state index is 12.6. The Hall–Kier alpha value is -2.86. The molecule has 2 aromatic carbocycles. The number of carbonyl (C=O) groups is 1. The smallest absolute Gasteiger partial charge is 0.257 e. The second kappa shape index (κ2) is 8.22. The van der Waals surface area contributed by atoms with E-state index < -0.39 is 0 Å². The predicted molar refractivity (Wildman–Crippen MR) is 108 cm³/mol. The van der Waals surface area contributed by atoms with Gasteiger partial charge in [-0.05, 0) is 37.6 Å². The van der Waals surface area contributed by atoms with Crippen molar-refractivity contribution in [3.63, 3.8) is 0 Å². The molecule has 0 unspecified atom stereocenters. The van der Waals surface area contributed by atoms with Crippen LogP contribution < -0.4 is 14.8 Å². The molecule has 0 saturated heterocycles. The van der Waals surface area contributed by atoms with E-state index in [1.165, 1.54) is 22.5 Å². The lowest BCUT2D eigenvalue weighted by Gasteiger charge is -2.09. The number of nitrogens with zero attached hydrogens (tertiary/aromatic N) is 1. The highest BCUT2D eigenvalue weighted by Crippen LogP contribution is 2.29. The molecule has 6 heteroatoms. The van der Waals surface area contributed by atoms with E-state index in [1.807, 2.05) is 6.92 Å². The molecule has 1 heterocycles. The standard InChI is InChI=1S/C21H22N2O3S/c1-13-5-7-15(8-6-13)11-19-14(2)22-21(27-19)23-20(24)16-9-10-17(25-3)18(12-16)26-4/h5-10,12H,11H2,1-4H3,(H,22,23,24). The second-order valence-electron chi connectivity index (χ2n) is 6.21. The van der Waals surface area contributed by atoms with Gasteiger partial charge in [-0.2, -0.15) is 0 Å². The van der Waals surface area contributed by atoms with Crippen LogP contribution in [0.2, 0.25) is 0 Å². The van der Waals surface area contributed by atoms with Gasteiger partial charge in [-0.1, -0.05) is 29.8 Å². The fourth-order valence-corrected chi connectivity index (χ4v) is 3.68. The Morgan fingerprint density at radius 3 is 2.41 bits per heavy atom. The van der Waals surface area contributed by atoms with Gasteiger partial charge in [0.05, 0.1) is 19.9 Å². The molecule has 0 fully saturated rings. The van der Waals surface area contributed by atoms with Gasteiger partial charge in [0.15, 0.2) is 16.6 Å². The number of hydrogen-bond donors (Lipinski definition) is 1. The van der Waals surface area contributed by atoms with Crippen LogP contribution in [0.3, 0.4) is 0 Å². The molecule has 0 aliphatic carbocycles. The zero-order chi connectivity index (χ0) is 19.4. The van der Waals surface area contributed by atoms with E-state index in [2.05, 4.69) is 41.5 Å². The number of carbonyl (C=O) groups excluding carboxylic acids is 1. The fraction of sp³-hybridized carbons (Fsp3) is 0.238. The van der Waals surface area contributed by atoms with E-state index in [1.54, 1.807) is 32.4 Å². The molecule has 0 aliphatic rings. The third-order valence-corrected chi connectivity index (χ3v) is 5.32. The summed E-state index contributed by atoms with van der Waals surface area (Å²) in [6, 6.07) is 13.5. The van der Waals surface area contributed by atoms with Crippen LogP contribution in [0.4, 0.5) is 5.13 Å². The number of nitrogens with one attached hydrogen (secondary N) is 1. The van der Waals surface area contributed by atoms with Gasteiger partial charge < -0.3 is 9.47 Å². The number of hydrogen-bond acceptors (Lipinski definition) is 5. The molecule has 0 radical (unpaired) electrons. The fourth-order valence-electron chi connectivity index (χ4n) is 2.68. The summed E-state index contributed by atoms with van der Waals surface area (Å²) >= 11 is 1.50. The number of thiazole rings is 1. The number of aromatic nitrogens is 1. The quantitative estimate of drug-likeness (QED) is 0.676. The summed E-state index contributed by atoms with van der Waals surface area (Å²) in [5.74, 6) is 0.867. The molecule has 1 aromatic heterocycles. The number of methoxy groups -OCH3 is 2. The summed E-state index contributed by atoms with van der Waals surface area (Å²) in [6.07, 6.45) is 0.802. The van der Waals surface area contributed by atoms with Gasteiger partial charge >= 0.3 is 0 Å². The number of anilines is 1. The van der Waals surface area contributed by atoms with Crippen LogP contribution in [0.1, 0.15) is 32.1 Å². The summed E-state index contributed by atoms with van der Waals surface area (Å²) in [5, 5.41) is 3.47. The van der Waals surface area contributed by atoms with E-state index >= 15 is 0 Å². The Labute approximate surface area is 163 Å². The number of rotatable bonds is 6. The van der Waals surface area contributed by atoms with Crippen LogP contribution >= 0.6 is 11.3 Å². The molecular weight excluding hydrogens is 360 g/mol. The van der Waals surface area contributed by atoms with E-state index in [0.29, 0.717) is 22.2 Å². The van der Waals surface area contributed by atoms with Gasteiger partial charge in [-0.3, -0.25) is 10.1 Å². The molecule has 27 heavy (non-hydrogen) atoms. The Kier molecular flexibility index (Phi) is 5.76. The molecule has 0 bridgehead atoms. The lowest BCUT2D eigenvalue weighted by Crippen LogP contribution is -2.11. The van der Waals surface area contributed by atoms with E-state index in [-0.39, 0.29) is 5.91 Å². The number of amides is 1. The van der Waals surface area contributed by atoms with Crippen molar-refractivity contribution in [2.45, 2.75) is 20.3 Å². The number of benzene rings is 2. The molecule has 140 valence electrons. The first-order valence-corrected chi connectivity index (χ1v) is 9.37. The van der Waals surface area contributed by atoms with Crippen molar-refractivity contribution >= 4 is 22.4 Å². The van der Waals surface area contributed by atoms with Crippen LogP contribution in [0.15, 0.2) is 42.5 Å². The minimum Gasteiger partial charge on any atom is -0.493 e. The van der Waals surface area contributed by atoms with E-state index in [0.717, 1.165) is 17.0 Å². The Balaban J connectivity index is 1.74. The van der Waals surface area contributed by atoms with E-state index in [4.69, 9.17) is 9.47 Å². The van der Waals surface area contributed by atoms with Crippen molar-refractivity contribution in [2.24, 2.45) is 0 Å². The Bertz CT molecular complexity index is 949. The van der Waals surface area contributed by atoms with Crippen LogP contribution in [0.25, 0.3) is 0 Å². The highest BCUT2D eigenvalue weighted by molar-refractivity contribution is 7.15. The maximum Gasteiger partial charge on any atom is 0.257 e. The zero-order valence-corrected chi connectivity index (χ0v) is 16.6. The minimum absolute atomic E-state index is 0.230. The highest BCUT2D eigenvalue weighted by Gasteiger charge is 2.14.